The Balaban J connectivity index is 2.13. The number of fused-ring (bicyclic) bond motifs is 1. The third kappa shape index (κ3) is 2.48. The van der Waals surface area contributed by atoms with Crippen LogP contribution in [-0.2, 0) is 9.53 Å². The van der Waals surface area contributed by atoms with Gasteiger partial charge in [0.05, 0.1) is 18.2 Å². The number of methoxy groups -OCH3 is 1. The number of anilines is 1. The number of esters is 1. The maximum absolute atomic E-state index is 11.6. The lowest BCUT2D eigenvalue weighted by molar-refractivity contribution is -0.149. The van der Waals surface area contributed by atoms with E-state index in [9.17, 15) is 4.79 Å². The molecule has 0 aliphatic heterocycles. The summed E-state index contributed by atoms with van der Waals surface area (Å²) in [7, 11) is 1.42. The van der Waals surface area contributed by atoms with E-state index in [0.717, 1.165) is 5.69 Å². The van der Waals surface area contributed by atoms with Gasteiger partial charge in [0.1, 0.15) is 0 Å². The summed E-state index contributed by atoms with van der Waals surface area (Å²) in [5.74, 6) is -0.200. The molecule has 1 heterocycles. The number of hydrogen-bond donors (Lipinski definition) is 1. The molecule has 0 spiro atoms. The number of benzene rings is 1. The maximum Gasteiger partial charge on any atom is 0.313 e. The van der Waals surface area contributed by atoms with Gasteiger partial charge in [0, 0.05) is 22.0 Å². The molecule has 0 aliphatic rings. The van der Waals surface area contributed by atoms with Crippen molar-refractivity contribution in [3.63, 3.8) is 0 Å². The zero-order valence-electron chi connectivity index (χ0n) is 10.8. The van der Waals surface area contributed by atoms with Gasteiger partial charge in [0.15, 0.2) is 0 Å². The molecule has 0 atom stereocenters. The zero-order valence-corrected chi connectivity index (χ0v) is 11.6. The van der Waals surface area contributed by atoms with Crippen molar-refractivity contribution in [1.82, 2.24) is 0 Å². The average Bonchev–Trinajstić information content (AvgIpc) is 2.78. The molecule has 2 rings (SSSR count). The number of hydrogen-bond acceptors (Lipinski definition) is 4. The quantitative estimate of drug-likeness (QED) is 0.858. The molecule has 18 heavy (non-hydrogen) atoms. The number of nitrogens with one attached hydrogen (secondary N) is 1. The molecule has 0 aliphatic carbocycles. The largest absolute Gasteiger partial charge is 0.469 e. The van der Waals surface area contributed by atoms with Crippen molar-refractivity contribution in [2.45, 2.75) is 13.8 Å². The molecule has 0 saturated carbocycles. The van der Waals surface area contributed by atoms with Gasteiger partial charge >= 0.3 is 5.97 Å². The van der Waals surface area contributed by atoms with E-state index >= 15 is 0 Å². The van der Waals surface area contributed by atoms with Crippen molar-refractivity contribution in [2.24, 2.45) is 5.41 Å². The Kier molecular flexibility index (Phi) is 3.57. The van der Waals surface area contributed by atoms with Crippen LogP contribution in [0.15, 0.2) is 29.6 Å². The average molecular weight is 263 g/mol. The minimum atomic E-state index is -0.530. The number of carbonyl (C=O) groups is 1. The normalized spacial score (nSPS) is 11.5. The van der Waals surface area contributed by atoms with Crippen LogP contribution in [0.5, 0.6) is 0 Å². The van der Waals surface area contributed by atoms with Crippen LogP contribution in [0.3, 0.4) is 0 Å². The van der Waals surface area contributed by atoms with Gasteiger partial charge in [-0.15, -0.1) is 11.3 Å². The molecule has 1 aromatic carbocycles. The monoisotopic (exact) mass is 263 g/mol. The van der Waals surface area contributed by atoms with Gasteiger partial charge in [-0.3, -0.25) is 4.79 Å². The smallest absolute Gasteiger partial charge is 0.313 e. The van der Waals surface area contributed by atoms with Crippen molar-refractivity contribution in [3.05, 3.63) is 29.6 Å². The van der Waals surface area contributed by atoms with E-state index in [2.05, 4.69) is 22.8 Å². The highest BCUT2D eigenvalue weighted by Gasteiger charge is 2.28. The summed E-state index contributed by atoms with van der Waals surface area (Å²) in [6, 6.07) is 8.22. The van der Waals surface area contributed by atoms with Crippen LogP contribution in [0, 0.1) is 5.41 Å². The van der Waals surface area contributed by atoms with Crippen LogP contribution in [0.1, 0.15) is 13.8 Å². The van der Waals surface area contributed by atoms with Gasteiger partial charge in [-0.25, -0.2) is 0 Å². The first kappa shape index (κ1) is 12.9. The summed E-state index contributed by atoms with van der Waals surface area (Å²) in [6.45, 7) is 4.31. The van der Waals surface area contributed by atoms with Crippen LogP contribution in [0.25, 0.3) is 10.1 Å². The van der Waals surface area contributed by atoms with Crippen LogP contribution < -0.4 is 5.32 Å². The van der Waals surface area contributed by atoms with Gasteiger partial charge in [-0.2, -0.15) is 0 Å². The van der Waals surface area contributed by atoms with Crippen molar-refractivity contribution >= 4 is 33.1 Å². The topological polar surface area (TPSA) is 38.3 Å². The van der Waals surface area contributed by atoms with Crippen molar-refractivity contribution in [3.8, 4) is 0 Å². The Morgan fingerprint density at radius 1 is 1.39 bits per heavy atom. The molecular weight excluding hydrogens is 246 g/mol. The number of ether oxygens (including phenoxy) is 1. The van der Waals surface area contributed by atoms with Crippen molar-refractivity contribution < 1.29 is 9.53 Å². The lowest BCUT2D eigenvalue weighted by atomic mass is 9.93. The summed E-state index contributed by atoms with van der Waals surface area (Å²) in [4.78, 5) is 11.6. The molecule has 2 aromatic rings. The number of carbonyl (C=O) groups excluding carboxylic acids is 1. The van der Waals surface area contributed by atoms with Crippen LogP contribution >= 0.6 is 11.3 Å². The van der Waals surface area contributed by atoms with Gasteiger partial charge in [-0.1, -0.05) is 18.2 Å². The van der Waals surface area contributed by atoms with E-state index in [0.29, 0.717) is 6.54 Å². The summed E-state index contributed by atoms with van der Waals surface area (Å²) < 4.78 is 6.04. The molecule has 1 N–H and O–H groups in total. The van der Waals surface area contributed by atoms with E-state index in [1.165, 1.54) is 17.2 Å². The lowest BCUT2D eigenvalue weighted by Gasteiger charge is -2.22. The van der Waals surface area contributed by atoms with E-state index in [-0.39, 0.29) is 5.97 Å². The molecule has 96 valence electrons. The minimum Gasteiger partial charge on any atom is -0.469 e. The Labute approximate surface area is 111 Å². The van der Waals surface area contributed by atoms with E-state index in [1.54, 1.807) is 11.3 Å². The van der Waals surface area contributed by atoms with Gasteiger partial charge < -0.3 is 10.1 Å². The second-order valence-corrected chi connectivity index (χ2v) is 5.79. The summed E-state index contributed by atoms with van der Waals surface area (Å²) in [6.07, 6.45) is 0. The fourth-order valence-electron chi connectivity index (χ4n) is 1.78. The van der Waals surface area contributed by atoms with Gasteiger partial charge in [-0.05, 0) is 19.9 Å². The molecule has 0 radical (unpaired) electrons. The highest BCUT2D eigenvalue weighted by atomic mass is 32.1. The van der Waals surface area contributed by atoms with Crippen molar-refractivity contribution in [2.75, 3.05) is 19.0 Å². The van der Waals surface area contributed by atoms with Crippen LogP contribution in [0.2, 0.25) is 0 Å². The number of rotatable bonds is 4. The molecule has 0 unspecified atom stereocenters. The lowest BCUT2D eigenvalue weighted by Crippen LogP contribution is -2.33. The molecule has 1 aromatic heterocycles. The molecule has 0 saturated heterocycles. The third-order valence-corrected chi connectivity index (χ3v) is 3.90. The Hall–Kier alpha value is -1.55. The van der Waals surface area contributed by atoms with E-state index < -0.39 is 5.41 Å². The second kappa shape index (κ2) is 4.98. The fraction of sp³-hybridized carbons (Fsp3) is 0.357. The molecule has 4 heteroatoms. The summed E-state index contributed by atoms with van der Waals surface area (Å²) in [5, 5.41) is 6.61. The maximum atomic E-state index is 11.6. The highest BCUT2D eigenvalue weighted by Crippen LogP contribution is 2.30. The molecular formula is C14H17NO2S. The van der Waals surface area contributed by atoms with E-state index in [1.807, 2.05) is 26.0 Å². The standard InChI is InChI=1S/C14H17NO2S/c1-14(2,13(16)17-3)9-15-11-8-18-12-7-5-4-6-10(11)12/h4-8,15H,9H2,1-3H3. The Morgan fingerprint density at radius 2 is 2.11 bits per heavy atom. The molecule has 0 fully saturated rings. The molecule has 0 bridgehead atoms. The zero-order chi connectivity index (χ0) is 13.2. The van der Waals surface area contributed by atoms with Crippen LogP contribution in [0.4, 0.5) is 5.69 Å². The Bertz CT molecular complexity index is 560. The van der Waals surface area contributed by atoms with Gasteiger partial charge in [0.25, 0.3) is 0 Å². The number of thiophene rings is 1. The van der Waals surface area contributed by atoms with E-state index in [4.69, 9.17) is 4.74 Å². The first-order chi connectivity index (χ1) is 8.54. The van der Waals surface area contributed by atoms with Crippen molar-refractivity contribution in [1.29, 1.82) is 0 Å². The van der Waals surface area contributed by atoms with Gasteiger partial charge in [0.2, 0.25) is 0 Å². The van der Waals surface area contributed by atoms with Crippen LogP contribution in [-0.4, -0.2) is 19.6 Å². The predicted octanol–water partition coefficient (Wildman–Crippen LogP) is 3.51. The highest BCUT2D eigenvalue weighted by molar-refractivity contribution is 7.17. The Morgan fingerprint density at radius 3 is 2.83 bits per heavy atom. The molecule has 0 amide bonds. The predicted molar refractivity (Wildman–Crippen MR) is 76.1 cm³/mol. The second-order valence-electron chi connectivity index (χ2n) is 4.87. The third-order valence-electron chi connectivity index (χ3n) is 2.94. The first-order valence-corrected chi connectivity index (χ1v) is 6.71. The summed E-state index contributed by atoms with van der Waals surface area (Å²) >= 11 is 1.70. The summed E-state index contributed by atoms with van der Waals surface area (Å²) in [5.41, 5.74) is 0.546. The molecule has 3 nitrogen and oxygen atoms in total. The first-order valence-electron chi connectivity index (χ1n) is 5.83. The SMILES string of the molecule is COC(=O)C(C)(C)CNc1csc2ccccc12. The minimum absolute atomic E-state index is 0.200. The fourth-order valence-corrected chi connectivity index (χ4v) is 2.70.